The van der Waals surface area contributed by atoms with Crippen molar-refractivity contribution in [2.75, 3.05) is 0 Å². The van der Waals surface area contributed by atoms with E-state index in [9.17, 15) is 4.79 Å². The molecule has 0 radical (unpaired) electrons. The van der Waals surface area contributed by atoms with Crippen LogP contribution < -0.4 is 4.74 Å². The number of hydrogen-bond acceptors (Lipinski definition) is 2. The number of carbonyl (C=O) groups is 1. The van der Waals surface area contributed by atoms with Gasteiger partial charge in [-0.25, -0.2) is 4.79 Å². The van der Waals surface area contributed by atoms with Crippen molar-refractivity contribution < 1.29 is 9.53 Å². The average molecular weight is 385 g/mol. The van der Waals surface area contributed by atoms with E-state index in [1.807, 2.05) is 42.5 Å². The van der Waals surface area contributed by atoms with Crippen LogP contribution in [-0.2, 0) is 12.8 Å². The van der Waals surface area contributed by atoms with Gasteiger partial charge in [0.2, 0.25) is 0 Å². The molecule has 0 heterocycles. The Kier molecular flexibility index (Phi) is 6.41. The molecule has 0 atom stereocenters. The van der Waals surface area contributed by atoms with Crippen molar-refractivity contribution in [3.8, 4) is 5.75 Å². The van der Waals surface area contributed by atoms with Gasteiger partial charge in [-0.05, 0) is 72.6 Å². The molecule has 1 aliphatic carbocycles. The van der Waals surface area contributed by atoms with Crippen LogP contribution >= 0.6 is 0 Å². The number of rotatable bonds is 6. The molecule has 0 saturated heterocycles. The predicted molar refractivity (Wildman–Crippen MR) is 118 cm³/mol. The first-order chi connectivity index (χ1) is 14.3. The number of carbonyl (C=O) groups excluding carboxylic acids is 1. The molecule has 0 N–H and O–H groups in total. The van der Waals surface area contributed by atoms with Crippen LogP contribution in [0, 0.1) is 0 Å². The van der Waals surface area contributed by atoms with Gasteiger partial charge in [-0.3, -0.25) is 0 Å². The summed E-state index contributed by atoms with van der Waals surface area (Å²) < 4.78 is 5.57. The molecule has 1 aliphatic rings. The molecular weight excluding hydrogens is 356 g/mol. The minimum absolute atomic E-state index is 0.301. The summed E-state index contributed by atoms with van der Waals surface area (Å²) in [6, 6.07) is 26.3. The van der Waals surface area contributed by atoms with Crippen molar-refractivity contribution in [1.29, 1.82) is 0 Å². The van der Waals surface area contributed by atoms with Gasteiger partial charge in [0.05, 0.1) is 5.56 Å². The fraction of sp³-hybridized carbons (Fsp3) is 0.296. The molecule has 2 heteroatoms. The minimum atomic E-state index is -0.301. The highest BCUT2D eigenvalue weighted by molar-refractivity contribution is 5.91. The van der Waals surface area contributed by atoms with E-state index in [-0.39, 0.29) is 5.97 Å². The van der Waals surface area contributed by atoms with Gasteiger partial charge in [0.15, 0.2) is 0 Å². The number of ether oxygens (including phenoxy) is 1. The first-order valence-corrected chi connectivity index (χ1v) is 10.7. The minimum Gasteiger partial charge on any atom is -0.423 e. The highest BCUT2D eigenvalue weighted by Gasteiger charge is 2.16. The van der Waals surface area contributed by atoms with Crippen LogP contribution in [0.25, 0.3) is 0 Å². The highest BCUT2D eigenvalue weighted by atomic mass is 16.5. The predicted octanol–water partition coefficient (Wildman–Crippen LogP) is 6.74. The third-order valence-electron chi connectivity index (χ3n) is 5.90. The summed E-state index contributed by atoms with van der Waals surface area (Å²) in [5.41, 5.74) is 4.51. The number of benzene rings is 3. The topological polar surface area (TPSA) is 26.3 Å². The molecule has 4 rings (SSSR count). The van der Waals surface area contributed by atoms with E-state index in [1.54, 1.807) is 0 Å². The summed E-state index contributed by atoms with van der Waals surface area (Å²) in [6.45, 7) is 0. The molecule has 2 nitrogen and oxygen atoms in total. The number of aryl methyl sites for hydroxylation is 2. The molecule has 0 unspecified atom stereocenters. The molecule has 148 valence electrons. The molecule has 0 spiro atoms. The van der Waals surface area contributed by atoms with Crippen molar-refractivity contribution in [1.82, 2.24) is 0 Å². The Hall–Kier alpha value is -2.87. The normalized spacial score (nSPS) is 14.5. The molecule has 1 fully saturated rings. The fourth-order valence-corrected chi connectivity index (χ4v) is 4.15. The van der Waals surface area contributed by atoms with E-state index in [4.69, 9.17) is 4.74 Å². The third-order valence-corrected chi connectivity index (χ3v) is 5.90. The molecule has 0 aromatic heterocycles. The Morgan fingerprint density at radius 1 is 0.724 bits per heavy atom. The Bertz CT molecular complexity index is 905. The van der Waals surface area contributed by atoms with Gasteiger partial charge < -0.3 is 4.74 Å². The quantitative estimate of drug-likeness (QED) is 0.347. The van der Waals surface area contributed by atoms with Gasteiger partial charge >= 0.3 is 5.97 Å². The van der Waals surface area contributed by atoms with Crippen molar-refractivity contribution in [3.63, 3.8) is 0 Å². The standard InChI is InChI=1S/C27H28O2/c28-27(29-26-19-17-24(18-20-26)23-9-5-2-6-10-23)25-15-13-22(14-16-25)12-11-21-7-3-1-4-8-21/h1,3-4,7-8,13-20,23H,2,5-6,9-12H2. The van der Waals surface area contributed by atoms with Gasteiger partial charge in [0.1, 0.15) is 5.75 Å². The SMILES string of the molecule is O=C(Oc1ccc(C2CCCCC2)cc1)c1ccc(CCc2ccccc2)cc1. The number of esters is 1. The van der Waals surface area contributed by atoms with Gasteiger partial charge in [-0.1, -0.05) is 73.9 Å². The van der Waals surface area contributed by atoms with E-state index in [0.29, 0.717) is 17.2 Å². The zero-order valence-corrected chi connectivity index (χ0v) is 16.8. The van der Waals surface area contributed by atoms with E-state index in [2.05, 4.69) is 36.4 Å². The Morgan fingerprint density at radius 2 is 1.34 bits per heavy atom. The van der Waals surface area contributed by atoms with Crippen molar-refractivity contribution in [3.05, 3.63) is 101 Å². The largest absolute Gasteiger partial charge is 0.423 e. The average Bonchev–Trinajstić information content (AvgIpc) is 2.80. The summed E-state index contributed by atoms with van der Waals surface area (Å²) in [6.07, 6.45) is 8.51. The lowest BCUT2D eigenvalue weighted by atomic mass is 9.84. The summed E-state index contributed by atoms with van der Waals surface area (Å²) in [5.74, 6) is 0.977. The monoisotopic (exact) mass is 384 g/mol. The van der Waals surface area contributed by atoms with Gasteiger partial charge in [-0.2, -0.15) is 0 Å². The van der Waals surface area contributed by atoms with E-state index < -0.39 is 0 Å². The lowest BCUT2D eigenvalue weighted by Gasteiger charge is -2.22. The van der Waals surface area contributed by atoms with Crippen LogP contribution in [-0.4, -0.2) is 5.97 Å². The van der Waals surface area contributed by atoms with Gasteiger partial charge in [0, 0.05) is 0 Å². The first kappa shape index (κ1) is 19.4. The molecule has 0 amide bonds. The Balaban J connectivity index is 1.32. The lowest BCUT2D eigenvalue weighted by molar-refractivity contribution is 0.0734. The smallest absolute Gasteiger partial charge is 0.343 e. The lowest BCUT2D eigenvalue weighted by Crippen LogP contribution is -2.09. The maximum atomic E-state index is 12.5. The maximum Gasteiger partial charge on any atom is 0.343 e. The Labute approximate surface area is 173 Å². The summed E-state index contributed by atoms with van der Waals surface area (Å²) in [5, 5.41) is 0. The van der Waals surface area contributed by atoms with Crippen LogP contribution in [0.5, 0.6) is 5.75 Å². The summed E-state index contributed by atoms with van der Waals surface area (Å²) in [7, 11) is 0. The second kappa shape index (κ2) is 9.56. The van der Waals surface area contributed by atoms with Gasteiger partial charge in [0.25, 0.3) is 0 Å². The second-order valence-corrected chi connectivity index (χ2v) is 7.98. The molecule has 3 aromatic rings. The molecule has 1 saturated carbocycles. The van der Waals surface area contributed by atoms with Crippen molar-refractivity contribution in [2.45, 2.75) is 50.9 Å². The van der Waals surface area contributed by atoms with E-state index in [0.717, 1.165) is 12.8 Å². The van der Waals surface area contributed by atoms with Crippen LogP contribution in [0.4, 0.5) is 0 Å². The van der Waals surface area contributed by atoms with Crippen LogP contribution in [0.3, 0.4) is 0 Å². The fourth-order valence-electron chi connectivity index (χ4n) is 4.15. The van der Waals surface area contributed by atoms with Crippen molar-refractivity contribution >= 4 is 5.97 Å². The van der Waals surface area contributed by atoms with Gasteiger partial charge in [-0.15, -0.1) is 0 Å². The van der Waals surface area contributed by atoms with E-state index >= 15 is 0 Å². The number of hydrogen-bond donors (Lipinski definition) is 0. The summed E-state index contributed by atoms with van der Waals surface area (Å²) in [4.78, 5) is 12.5. The zero-order chi connectivity index (χ0) is 19.9. The Morgan fingerprint density at radius 3 is 2.00 bits per heavy atom. The van der Waals surface area contributed by atoms with Crippen molar-refractivity contribution in [2.24, 2.45) is 0 Å². The molecule has 29 heavy (non-hydrogen) atoms. The zero-order valence-electron chi connectivity index (χ0n) is 16.8. The van der Waals surface area contributed by atoms with Crippen LogP contribution in [0.2, 0.25) is 0 Å². The molecular formula is C27H28O2. The molecule has 0 aliphatic heterocycles. The van der Waals surface area contributed by atoms with Crippen LogP contribution in [0.15, 0.2) is 78.9 Å². The molecule has 3 aromatic carbocycles. The third kappa shape index (κ3) is 5.35. The molecule has 0 bridgehead atoms. The first-order valence-electron chi connectivity index (χ1n) is 10.7. The van der Waals surface area contributed by atoms with E-state index in [1.165, 1.54) is 48.8 Å². The maximum absolute atomic E-state index is 12.5. The summed E-state index contributed by atoms with van der Waals surface area (Å²) >= 11 is 0. The highest BCUT2D eigenvalue weighted by Crippen LogP contribution is 2.33. The second-order valence-electron chi connectivity index (χ2n) is 7.98. The van der Waals surface area contributed by atoms with Crippen LogP contribution in [0.1, 0.15) is 65.1 Å².